The van der Waals surface area contributed by atoms with E-state index in [0.717, 1.165) is 16.1 Å². The van der Waals surface area contributed by atoms with Crippen molar-refractivity contribution in [2.24, 2.45) is 0 Å². The first-order valence-electron chi connectivity index (χ1n) is 4.25. The zero-order valence-electron chi connectivity index (χ0n) is 7.64. The van der Waals surface area contributed by atoms with Crippen LogP contribution in [0.3, 0.4) is 0 Å². The maximum atomic E-state index is 12.6. The van der Waals surface area contributed by atoms with Gasteiger partial charge in [-0.25, -0.2) is 4.39 Å². The minimum absolute atomic E-state index is 0.238. The summed E-state index contributed by atoms with van der Waals surface area (Å²) in [7, 11) is 0. The maximum absolute atomic E-state index is 12.6. The Labute approximate surface area is 94.9 Å². The molecule has 15 heavy (non-hydrogen) atoms. The van der Waals surface area contributed by atoms with Crippen LogP contribution in [0.4, 0.5) is 4.39 Å². The lowest BCUT2D eigenvalue weighted by Crippen LogP contribution is -1.73. The van der Waals surface area contributed by atoms with Crippen LogP contribution in [-0.2, 0) is 0 Å². The molecule has 1 aromatic carbocycles. The molecule has 0 aliphatic carbocycles. The quantitative estimate of drug-likeness (QED) is 0.755. The number of rotatable bonds is 3. The van der Waals surface area contributed by atoms with Gasteiger partial charge in [0, 0.05) is 15.2 Å². The van der Waals surface area contributed by atoms with E-state index in [0.29, 0.717) is 4.88 Å². The third-order valence-corrected chi connectivity index (χ3v) is 3.75. The first-order valence-corrected chi connectivity index (χ1v) is 5.94. The Balaban J connectivity index is 2.14. The lowest BCUT2D eigenvalue weighted by Gasteiger charge is -1.97. The van der Waals surface area contributed by atoms with Crippen LogP contribution in [0.25, 0.3) is 0 Å². The fourth-order valence-corrected chi connectivity index (χ4v) is 2.80. The minimum Gasteiger partial charge on any atom is -0.297 e. The van der Waals surface area contributed by atoms with Crippen molar-refractivity contribution in [3.05, 3.63) is 46.4 Å². The molecule has 0 aliphatic rings. The van der Waals surface area contributed by atoms with Gasteiger partial charge in [0.05, 0.1) is 4.88 Å². The molecule has 0 amide bonds. The molecule has 0 bridgehead atoms. The van der Waals surface area contributed by atoms with Gasteiger partial charge < -0.3 is 0 Å². The number of carbonyl (C=O) groups is 1. The van der Waals surface area contributed by atoms with Gasteiger partial charge in [-0.15, -0.1) is 11.3 Å². The van der Waals surface area contributed by atoms with E-state index in [2.05, 4.69) is 0 Å². The Bertz CT molecular complexity index is 462. The first-order chi connectivity index (χ1) is 7.28. The second kappa shape index (κ2) is 4.59. The zero-order valence-corrected chi connectivity index (χ0v) is 9.28. The van der Waals surface area contributed by atoms with Crippen molar-refractivity contribution < 1.29 is 9.18 Å². The third-order valence-electron chi connectivity index (χ3n) is 1.76. The molecule has 1 heterocycles. The van der Waals surface area contributed by atoms with E-state index in [9.17, 15) is 9.18 Å². The normalized spacial score (nSPS) is 10.2. The summed E-state index contributed by atoms with van der Waals surface area (Å²) >= 11 is 2.93. The van der Waals surface area contributed by atoms with E-state index in [4.69, 9.17) is 0 Å². The zero-order chi connectivity index (χ0) is 10.7. The van der Waals surface area contributed by atoms with Crippen LogP contribution in [0.2, 0.25) is 0 Å². The van der Waals surface area contributed by atoms with Gasteiger partial charge in [0.2, 0.25) is 0 Å². The number of hydrogen-bond acceptors (Lipinski definition) is 3. The summed E-state index contributed by atoms with van der Waals surface area (Å²) in [4.78, 5) is 13.1. The van der Waals surface area contributed by atoms with Gasteiger partial charge in [0.15, 0.2) is 6.29 Å². The predicted molar refractivity (Wildman–Crippen MR) is 60.2 cm³/mol. The number of thiophene rings is 1. The number of carbonyl (C=O) groups excluding carboxylic acids is 1. The predicted octanol–water partition coefficient (Wildman–Crippen LogP) is 3.85. The number of hydrogen-bond donors (Lipinski definition) is 0. The van der Waals surface area contributed by atoms with Gasteiger partial charge in [0.25, 0.3) is 0 Å². The molecule has 2 rings (SSSR count). The van der Waals surface area contributed by atoms with Crippen molar-refractivity contribution >= 4 is 29.4 Å². The molecule has 0 saturated heterocycles. The Morgan fingerprint density at radius 1 is 1.20 bits per heavy atom. The minimum atomic E-state index is -0.238. The lowest BCUT2D eigenvalue weighted by molar-refractivity contribution is 0.112. The third kappa shape index (κ3) is 2.67. The average Bonchev–Trinajstić information content (AvgIpc) is 2.69. The topological polar surface area (TPSA) is 17.1 Å². The van der Waals surface area contributed by atoms with Crippen molar-refractivity contribution in [3.63, 3.8) is 0 Å². The number of halogens is 1. The summed E-state index contributed by atoms with van der Waals surface area (Å²) in [5, 5.41) is 1.91. The summed E-state index contributed by atoms with van der Waals surface area (Å²) in [6.07, 6.45) is 0.833. The number of benzene rings is 1. The second-order valence-electron chi connectivity index (χ2n) is 2.86. The Morgan fingerprint density at radius 2 is 1.93 bits per heavy atom. The van der Waals surface area contributed by atoms with Crippen molar-refractivity contribution in [3.8, 4) is 0 Å². The Kier molecular flexibility index (Phi) is 3.18. The molecule has 4 heteroatoms. The van der Waals surface area contributed by atoms with Gasteiger partial charge in [-0.05, 0) is 30.3 Å². The molecule has 0 atom stereocenters. The van der Waals surface area contributed by atoms with Gasteiger partial charge in [-0.2, -0.15) is 0 Å². The summed E-state index contributed by atoms with van der Waals surface area (Å²) in [6, 6.07) is 8.12. The van der Waals surface area contributed by atoms with Crippen LogP contribution in [0.5, 0.6) is 0 Å². The second-order valence-corrected chi connectivity index (χ2v) is 4.95. The molecule has 1 nitrogen and oxygen atoms in total. The largest absolute Gasteiger partial charge is 0.297 e. The highest BCUT2D eigenvalue weighted by molar-refractivity contribution is 7.99. The van der Waals surface area contributed by atoms with Crippen LogP contribution >= 0.6 is 23.1 Å². The standard InChI is InChI=1S/C11H7FOS2/c12-8-1-3-9(4-2-8)15-11-5-10(6-13)14-7-11/h1-7H. The highest BCUT2D eigenvalue weighted by atomic mass is 32.2. The fraction of sp³-hybridized carbons (Fsp3) is 0. The molecule has 0 aliphatic heterocycles. The van der Waals surface area contributed by atoms with E-state index in [1.807, 2.05) is 11.4 Å². The molecular weight excluding hydrogens is 231 g/mol. The van der Waals surface area contributed by atoms with Crippen LogP contribution < -0.4 is 0 Å². The summed E-state index contributed by atoms with van der Waals surface area (Å²) in [6.45, 7) is 0. The van der Waals surface area contributed by atoms with Crippen molar-refractivity contribution in [2.45, 2.75) is 9.79 Å². The van der Waals surface area contributed by atoms with Crippen LogP contribution in [0.1, 0.15) is 9.67 Å². The smallest absolute Gasteiger partial charge is 0.160 e. The Hall–Kier alpha value is -1.13. The van der Waals surface area contributed by atoms with Crippen LogP contribution in [0.15, 0.2) is 45.5 Å². The van der Waals surface area contributed by atoms with E-state index in [1.165, 1.54) is 35.2 Å². The van der Waals surface area contributed by atoms with E-state index in [1.54, 1.807) is 12.1 Å². The van der Waals surface area contributed by atoms with E-state index >= 15 is 0 Å². The molecule has 0 radical (unpaired) electrons. The monoisotopic (exact) mass is 238 g/mol. The first kappa shape index (κ1) is 10.4. The van der Waals surface area contributed by atoms with Gasteiger partial charge in [-0.3, -0.25) is 4.79 Å². The van der Waals surface area contributed by atoms with Crippen LogP contribution in [0, 0.1) is 5.82 Å². The molecule has 0 spiro atoms. The van der Waals surface area contributed by atoms with Crippen molar-refractivity contribution in [2.75, 3.05) is 0 Å². The fourth-order valence-electron chi connectivity index (χ4n) is 1.09. The van der Waals surface area contributed by atoms with E-state index in [-0.39, 0.29) is 5.82 Å². The summed E-state index contributed by atoms with van der Waals surface area (Å²) in [5.74, 6) is -0.238. The molecule has 76 valence electrons. The van der Waals surface area contributed by atoms with Gasteiger partial charge in [-0.1, -0.05) is 11.8 Å². The molecule has 0 saturated carbocycles. The molecule has 1 aromatic heterocycles. The summed E-state index contributed by atoms with van der Waals surface area (Å²) < 4.78 is 12.6. The molecule has 2 aromatic rings. The van der Waals surface area contributed by atoms with E-state index < -0.39 is 0 Å². The highest BCUT2D eigenvalue weighted by Crippen LogP contribution is 2.30. The van der Waals surface area contributed by atoms with Crippen molar-refractivity contribution in [1.29, 1.82) is 0 Å². The average molecular weight is 238 g/mol. The Morgan fingerprint density at radius 3 is 2.53 bits per heavy atom. The van der Waals surface area contributed by atoms with Crippen molar-refractivity contribution in [1.82, 2.24) is 0 Å². The van der Waals surface area contributed by atoms with Gasteiger partial charge >= 0.3 is 0 Å². The maximum Gasteiger partial charge on any atom is 0.160 e. The molecule has 0 N–H and O–H groups in total. The highest BCUT2D eigenvalue weighted by Gasteiger charge is 2.01. The SMILES string of the molecule is O=Cc1cc(Sc2ccc(F)cc2)cs1. The number of aldehydes is 1. The molecular formula is C11H7FOS2. The molecule has 0 fully saturated rings. The molecule has 0 unspecified atom stereocenters. The van der Waals surface area contributed by atoms with Gasteiger partial charge in [0.1, 0.15) is 5.82 Å². The van der Waals surface area contributed by atoms with Crippen LogP contribution in [-0.4, -0.2) is 6.29 Å². The lowest BCUT2D eigenvalue weighted by atomic mass is 10.4. The summed E-state index contributed by atoms with van der Waals surface area (Å²) in [5.41, 5.74) is 0.